The number of likely N-dealkylation sites (tertiary alicyclic amines) is 2. The van der Waals surface area contributed by atoms with Gasteiger partial charge in [-0.3, -0.25) is 0 Å². The quantitative estimate of drug-likeness (QED) is 0.557. The van der Waals surface area contributed by atoms with Gasteiger partial charge in [-0.25, -0.2) is 4.99 Å². The fourth-order valence-electron chi connectivity index (χ4n) is 4.39. The number of rotatable bonds is 8. The van der Waals surface area contributed by atoms with Crippen molar-refractivity contribution in [2.24, 2.45) is 10.9 Å². The molecule has 6 heteroatoms. The lowest BCUT2D eigenvalue weighted by molar-refractivity contribution is 0.281. The highest BCUT2D eigenvalue weighted by molar-refractivity contribution is 5.80. The van der Waals surface area contributed by atoms with Crippen LogP contribution in [0.5, 0.6) is 0 Å². The molecule has 2 aliphatic heterocycles. The summed E-state index contributed by atoms with van der Waals surface area (Å²) < 4.78 is 5.54. The Morgan fingerprint density at radius 3 is 2.74 bits per heavy atom. The number of hydrogen-bond acceptors (Lipinski definition) is 4. The molecule has 0 amide bonds. The third-order valence-electron chi connectivity index (χ3n) is 6.00. The maximum atomic E-state index is 5.54. The zero-order chi connectivity index (χ0) is 19.1. The van der Waals surface area contributed by atoms with E-state index in [2.05, 4.69) is 47.1 Å². The first-order valence-corrected chi connectivity index (χ1v) is 10.9. The fourth-order valence-corrected chi connectivity index (χ4v) is 4.39. The predicted octanol–water partition coefficient (Wildman–Crippen LogP) is 3.46. The summed E-state index contributed by atoms with van der Waals surface area (Å²) in [5.74, 6) is 3.13. The van der Waals surface area contributed by atoms with Crippen molar-refractivity contribution in [3.05, 3.63) is 17.5 Å². The van der Waals surface area contributed by atoms with E-state index in [0.29, 0.717) is 12.5 Å². The second-order valence-electron chi connectivity index (χ2n) is 8.01. The molecule has 2 fully saturated rings. The van der Waals surface area contributed by atoms with E-state index in [0.717, 1.165) is 55.8 Å². The second kappa shape index (κ2) is 10.1. The molecule has 1 unspecified atom stereocenters. The minimum Gasteiger partial charge on any atom is -0.359 e. The molecule has 0 radical (unpaired) electrons. The van der Waals surface area contributed by atoms with Gasteiger partial charge in [-0.05, 0) is 58.0 Å². The first kappa shape index (κ1) is 20.2. The van der Waals surface area contributed by atoms with Crippen molar-refractivity contribution in [1.29, 1.82) is 0 Å². The van der Waals surface area contributed by atoms with Gasteiger partial charge in [-0.1, -0.05) is 19.0 Å². The molecular weight excluding hydrogens is 338 g/mol. The van der Waals surface area contributed by atoms with Crippen LogP contribution < -0.4 is 5.32 Å². The van der Waals surface area contributed by atoms with Crippen LogP contribution in [0.3, 0.4) is 0 Å². The Labute approximate surface area is 164 Å². The Kier molecular flexibility index (Phi) is 7.56. The molecule has 0 aromatic carbocycles. The smallest absolute Gasteiger partial charge is 0.194 e. The Hall–Kier alpha value is -1.56. The van der Waals surface area contributed by atoms with Crippen molar-refractivity contribution in [3.63, 3.8) is 0 Å². The van der Waals surface area contributed by atoms with Gasteiger partial charge in [0.05, 0.1) is 5.69 Å². The summed E-state index contributed by atoms with van der Waals surface area (Å²) in [6, 6.07) is 2.09. The zero-order valence-corrected chi connectivity index (χ0v) is 17.4. The number of guanidine groups is 1. The number of aliphatic imine (C=N–C) groups is 1. The Bertz CT molecular complexity index is 589. The van der Waals surface area contributed by atoms with E-state index in [1.54, 1.807) is 0 Å². The van der Waals surface area contributed by atoms with Crippen LogP contribution in [0.2, 0.25) is 0 Å². The highest BCUT2D eigenvalue weighted by Crippen LogP contribution is 2.23. The largest absolute Gasteiger partial charge is 0.359 e. The summed E-state index contributed by atoms with van der Waals surface area (Å²) in [6.45, 7) is 14.0. The van der Waals surface area contributed by atoms with Crippen LogP contribution in [0.1, 0.15) is 70.2 Å². The minimum absolute atomic E-state index is 0.490. The molecule has 1 atom stereocenters. The third-order valence-corrected chi connectivity index (χ3v) is 6.00. The van der Waals surface area contributed by atoms with Crippen molar-refractivity contribution in [2.75, 3.05) is 39.3 Å². The summed E-state index contributed by atoms with van der Waals surface area (Å²) in [4.78, 5) is 9.89. The molecule has 152 valence electrons. The van der Waals surface area contributed by atoms with Gasteiger partial charge >= 0.3 is 0 Å². The van der Waals surface area contributed by atoms with Gasteiger partial charge in [0.25, 0.3) is 0 Å². The van der Waals surface area contributed by atoms with E-state index in [1.807, 2.05) is 0 Å². The summed E-state index contributed by atoms with van der Waals surface area (Å²) >= 11 is 0. The predicted molar refractivity (Wildman–Crippen MR) is 110 cm³/mol. The van der Waals surface area contributed by atoms with Gasteiger partial charge in [-0.2, -0.15) is 0 Å². The van der Waals surface area contributed by atoms with Gasteiger partial charge < -0.3 is 19.6 Å². The third kappa shape index (κ3) is 5.47. The van der Waals surface area contributed by atoms with E-state index in [-0.39, 0.29) is 0 Å². The molecule has 1 aromatic heterocycles. The molecule has 6 nitrogen and oxygen atoms in total. The highest BCUT2D eigenvalue weighted by Gasteiger charge is 2.27. The molecule has 1 aromatic rings. The van der Waals surface area contributed by atoms with E-state index < -0.39 is 0 Å². The molecule has 3 heterocycles. The molecule has 0 aliphatic carbocycles. The maximum Gasteiger partial charge on any atom is 0.194 e. The van der Waals surface area contributed by atoms with Crippen LogP contribution in [-0.4, -0.2) is 60.2 Å². The minimum atomic E-state index is 0.490. The Morgan fingerprint density at radius 1 is 1.26 bits per heavy atom. The average molecular weight is 376 g/mol. The molecular formula is C21H37N5O. The monoisotopic (exact) mass is 375 g/mol. The normalized spacial score (nSPS) is 21.6. The first-order valence-electron chi connectivity index (χ1n) is 10.9. The zero-order valence-electron chi connectivity index (χ0n) is 17.4. The summed E-state index contributed by atoms with van der Waals surface area (Å²) in [7, 11) is 0. The Morgan fingerprint density at radius 2 is 2.04 bits per heavy atom. The van der Waals surface area contributed by atoms with Gasteiger partial charge in [0, 0.05) is 38.2 Å². The summed E-state index contributed by atoms with van der Waals surface area (Å²) in [6.07, 6.45) is 6.20. The molecule has 0 spiro atoms. The van der Waals surface area contributed by atoms with Crippen molar-refractivity contribution < 1.29 is 4.52 Å². The molecule has 0 saturated carbocycles. The number of nitrogens with zero attached hydrogens (tertiary/aromatic N) is 4. The lowest BCUT2D eigenvalue weighted by Crippen LogP contribution is -2.40. The van der Waals surface area contributed by atoms with Crippen LogP contribution in [-0.2, 0) is 6.54 Å². The summed E-state index contributed by atoms with van der Waals surface area (Å²) in [5.41, 5.74) is 1.07. The summed E-state index contributed by atoms with van der Waals surface area (Å²) in [5, 5.41) is 7.73. The van der Waals surface area contributed by atoms with Gasteiger partial charge in [0.15, 0.2) is 11.7 Å². The van der Waals surface area contributed by atoms with Gasteiger partial charge in [-0.15, -0.1) is 0 Å². The second-order valence-corrected chi connectivity index (χ2v) is 8.01. The topological polar surface area (TPSA) is 56.9 Å². The molecule has 2 saturated heterocycles. The van der Waals surface area contributed by atoms with Gasteiger partial charge in [0.2, 0.25) is 0 Å². The molecule has 3 rings (SSSR count). The van der Waals surface area contributed by atoms with Crippen LogP contribution in [0.25, 0.3) is 0 Å². The SMILES string of the molecule is CCNC(=NCc1cc(C(CC)CC)no1)N1CCC(CN2CCCC2)C1. The Balaban J connectivity index is 1.56. The number of nitrogens with one attached hydrogen (secondary N) is 1. The van der Waals surface area contributed by atoms with Crippen LogP contribution >= 0.6 is 0 Å². The van der Waals surface area contributed by atoms with Crippen LogP contribution in [0.4, 0.5) is 0 Å². The van der Waals surface area contributed by atoms with Gasteiger partial charge in [0.1, 0.15) is 6.54 Å². The lowest BCUT2D eigenvalue weighted by atomic mass is 9.99. The van der Waals surface area contributed by atoms with Crippen LogP contribution in [0, 0.1) is 5.92 Å². The standard InChI is InChI=1S/C21H37N5O/c1-4-18(5-2)20-13-19(27-24-20)14-23-21(22-6-3)26-12-9-17(16-26)15-25-10-7-8-11-25/h13,17-18H,4-12,14-16H2,1-3H3,(H,22,23). The van der Waals surface area contributed by atoms with E-state index in [1.165, 1.54) is 38.9 Å². The van der Waals surface area contributed by atoms with Crippen LogP contribution in [0.15, 0.2) is 15.6 Å². The van der Waals surface area contributed by atoms with Crippen molar-refractivity contribution in [2.45, 2.75) is 65.3 Å². The number of hydrogen-bond donors (Lipinski definition) is 1. The van der Waals surface area contributed by atoms with E-state index in [4.69, 9.17) is 9.52 Å². The first-order chi connectivity index (χ1) is 13.2. The van der Waals surface area contributed by atoms with E-state index >= 15 is 0 Å². The highest BCUT2D eigenvalue weighted by atomic mass is 16.5. The van der Waals surface area contributed by atoms with Crippen molar-refractivity contribution in [3.8, 4) is 0 Å². The molecule has 27 heavy (non-hydrogen) atoms. The molecule has 0 bridgehead atoms. The average Bonchev–Trinajstić information content (AvgIpc) is 3.43. The molecule has 1 N–H and O–H groups in total. The van der Waals surface area contributed by atoms with Crippen molar-refractivity contribution >= 4 is 5.96 Å². The van der Waals surface area contributed by atoms with E-state index in [9.17, 15) is 0 Å². The van der Waals surface area contributed by atoms with Crippen molar-refractivity contribution in [1.82, 2.24) is 20.3 Å². The molecule has 2 aliphatic rings. The maximum absolute atomic E-state index is 5.54. The number of aromatic nitrogens is 1. The lowest BCUT2D eigenvalue weighted by Gasteiger charge is -2.23. The fraction of sp³-hybridized carbons (Fsp3) is 0.810.